The summed E-state index contributed by atoms with van der Waals surface area (Å²) in [6, 6.07) is -0.832. The van der Waals surface area contributed by atoms with Gasteiger partial charge >= 0.3 is 0 Å². The van der Waals surface area contributed by atoms with Crippen LogP contribution in [0.5, 0.6) is 0 Å². The van der Waals surface area contributed by atoms with Gasteiger partial charge in [-0.2, -0.15) is 0 Å². The molecule has 3 atom stereocenters. The van der Waals surface area contributed by atoms with E-state index in [1.165, 1.54) is 334 Å². The summed E-state index contributed by atoms with van der Waals surface area (Å²) in [6.45, 7) is 4.22. The lowest BCUT2D eigenvalue weighted by atomic mass is 10.0. The Balaban J connectivity index is 3.45. The number of carbonyl (C=O) groups excluding carboxylic acids is 1. The molecule has 0 heterocycles. The van der Waals surface area contributed by atoms with Crippen molar-refractivity contribution in [3.05, 3.63) is 24.3 Å². The normalized spacial score (nSPS) is 13.2. The van der Waals surface area contributed by atoms with Gasteiger partial charge in [0.1, 0.15) is 6.10 Å². The summed E-state index contributed by atoms with van der Waals surface area (Å²) < 4.78 is 0. The number of carbonyl (C=O) groups is 1. The molecule has 0 rings (SSSR count). The van der Waals surface area contributed by atoms with Crippen molar-refractivity contribution in [2.75, 3.05) is 6.61 Å². The third-order valence-corrected chi connectivity index (χ3v) is 17.0. The number of unbranched alkanes of at least 4 members (excludes halogenated alkanes) is 55. The number of hydrogen-bond donors (Lipinski definition) is 4. The fraction of sp³-hybridized carbons (Fsp3) is 0.931. The zero-order chi connectivity index (χ0) is 55.7. The summed E-state index contributed by atoms with van der Waals surface area (Å²) in [5, 5.41) is 33.9. The number of aliphatic hydroxyl groups excluding tert-OH is 3. The molecule has 458 valence electrons. The summed E-state index contributed by atoms with van der Waals surface area (Å²) >= 11 is 0. The van der Waals surface area contributed by atoms with E-state index in [2.05, 4.69) is 43.5 Å². The number of amides is 1. The van der Waals surface area contributed by atoms with Crippen molar-refractivity contribution < 1.29 is 20.1 Å². The Morgan fingerprint density at radius 1 is 0.312 bits per heavy atom. The maximum Gasteiger partial charge on any atom is 0.220 e. The first-order chi connectivity index (χ1) is 38.1. The van der Waals surface area contributed by atoms with Crippen LogP contribution in [0.2, 0.25) is 0 Å². The topological polar surface area (TPSA) is 89.8 Å². The van der Waals surface area contributed by atoms with Crippen molar-refractivity contribution in [3.63, 3.8) is 0 Å². The molecular weight excluding hydrogens is 943 g/mol. The van der Waals surface area contributed by atoms with Gasteiger partial charge in [-0.3, -0.25) is 4.79 Å². The van der Waals surface area contributed by atoms with Gasteiger partial charge in [0.25, 0.3) is 0 Å². The third kappa shape index (κ3) is 62.3. The average Bonchev–Trinajstić information content (AvgIpc) is 3.43. The Morgan fingerprint density at radius 3 is 0.792 bits per heavy atom. The van der Waals surface area contributed by atoms with Crippen LogP contribution in [-0.2, 0) is 4.79 Å². The van der Waals surface area contributed by atoms with E-state index in [9.17, 15) is 20.1 Å². The highest BCUT2D eigenvalue weighted by Crippen LogP contribution is 2.20. The van der Waals surface area contributed by atoms with Crippen molar-refractivity contribution in [1.82, 2.24) is 5.32 Å². The first kappa shape index (κ1) is 75.8. The minimum absolute atomic E-state index is 0.149. The fourth-order valence-electron chi connectivity index (χ4n) is 11.6. The molecule has 0 bridgehead atoms. The van der Waals surface area contributed by atoms with E-state index >= 15 is 0 Å². The van der Waals surface area contributed by atoms with Gasteiger partial charge < -0.3 is 20.6 Å². The second-order valence-corrected chi connectivity index (χ2v) is 24.8. The standard InChI is InChI=1S/C72H141NO4/c1-3-5-7-9-11-13-15-17-19-21-23-25-27-29-30-31-32-33-34-35-36-37-38-39-40-41-42-43-45-47-49-51-53-55-57-59-61-63-65-67-71(76)73-69(68-74)72(77)70(75)66-64-62-60-58-56-54-52-50-48-46-44-28-26-24-22-20-18-16-14-12-10-8-6-4-2/h50,52,58,60,69-70,72,74-75,77H,3-49,51,53-57,59,61-68H2,1-2H3,(H,73,76)/b52-50+,60-58+. The van der Waals surface area contributed by atoms with Gasteiger partial charge in [0.05, 0.1) is 18.8 Å². The minimum Gasteiger partial charge on any atom is -0.394 e. The predicted octanol–water partition coefficient (Wildman–Crippen LogP) is 23.1. The molecule has 0 aromatic carbocycles. The van der Waals surface area contributed by atoms with Crippen LogP contribution in [0.25, 0.3) is 0 Å². The maximum absolute atomic E-state index is 12.6. The number of allylic oxidation sites excluding steroid dienone is 4. The number of hydrogen-bond acceptors (Lipinski definition) is 4. The highest BCUT2D eigenvalue weighted by atomic mass is 16.3. The molecule has 0 aliphatic carbocycles. The molecule has 5 heteroatoms. The number of nitrogens with one attached hydrogen (secondary N) is 1. The van der Waals surface area contributed by atoms with Crippen LogP contribution in [0.15, 0.2) is 24.3 Å². The van der Waals surface area contributed by atoms with E-state index in [1.54, 1.807) is 0 Å². The monoisotopic (exact) mass is 1080 g/mol. The lowest BCUT2D eigenvalue weighted by molar-refractivity contribution is -0.124. The smallest absolute Gasteiger partial charge is 0.220 e. The molecule has 0 spiro atoms. The first-order valence-corrected chi connectivity index (χ1v) is 35.6. The molecule has 0 aromatic heterocycles. The van der Waals surface area contributed by atoms with Crippen molar-refractivity contribution in [1.29, 1.82) is 0 Å². The molecule has 0 aliphatic heterocycles. The SMILES string of the molecule is CCCCCCCCCCCCCCCCC/C=C/CC/C=C/CCCC(O)C(O)C(CO)NC(=O)CCCCCCCCCCCCCCCCCCCCCCCCCCCCCCCCCCCCCCCCC. The van der Waals surface area contributed by atoms with Gasteiger partial charge in [0.2, 0.25) is 5.91 Å². The Morgan fingerprint density at radius 2 is 0.532 bits per heavy atom. The minimum atomic E-state index is -1.17. The third-order valence-electron chi connectivity index (χ3n) is 17.0. The van der Waals surface area contributed by atoms with Crippen molar-refractivity contribution in [2.24, 2.45) is 0 Å². The molecule has 0 fully saturated rings. The molecule has 3 unspecified atom stereocenters. The van der Waals surface area contributed by atoms with E-state index in [1.807, 2.05) is 0 Å². The van der Waals surface area contributed by atoms with Gasteiger partial charge in [-0.25, -0.2) is 0 Å². The molecule has 5 nitrogen and oxygen atoms in total. The Bertz CT molecular complexity index is 1160. The van der Waals surface area contributed by atoms with E-state index in [0.29, 0.717) is 12.8 Å². The van der Waals surface area contributed by atoms with E-state index < -0.39 is 18.2 Å². The average molecular weight is 1080 g/mol. The van der Waals surface area contributed by atoms with Gasteiger partial charge in [-0.05, 0) is 51.4 Å². The summed E-state index contributed by atoms with van der Waals surface area (Å²) in [5.41, 5.74) is 0. The summed E-state index contributed by atoms with van der Waals surface area (Å²) in [5.74, 6) is -0.149. The highest BCUT2D eigenvalue weighted by molar-refractivity contribution is 5.76. The van der Waals surface area contributed by atoms with Crippen molar-refractivity contribution >= 4 is 5.91 Å². The van der Waals surface area contributed by atoms with Crippen LogP contribution < -0.4 is 5.32 Å². The second-order valence-electron chi connectivity index (χ2n) is 24.8. The maximum atomic E-state index is 12.6. The quantitative estimate of drug-likeness (QED) is 0.0361. The van der Waals surface area contributed by atoms with E-state index in [4.69, 9.17) is 0 Å². The number of rotatable bonds is 67. The summed E-state index contributed by atoms with van der Waals surface area (Å²) in [6.07, 6.45) is 88.5. The van der Waals surface area contributed by atoms with Crippen LogP contribution in [-0.4, -0.2) is 46.1 Å². The molecule has 77 heavy (non-hydrogen) atoms. The van der Waals surface area contributed by atoms with Crippen molar-refractivity contribution in [3.8, 4) is 0 Å². The molecule has 4 N–H and O–H groups in total. The molecule has 0 aliphatic rings. The van der Waals surface area contributed by atoms with Crippen molar-refractivity contribution in [2.45, 2.75) is 424 Å². The van der Waals surface area contributed by atoms with E-state index in [0.717, 1.165) is 44.9 Å². The zero-order valence-electron chi connectivity index (χ0n) is 52.6. The Labute approximate surface area is 483 Å². The van der Waals surface area contributed by atoms with Gasteiger partial charge in [0, 0.05) is 6.42 Å². The number of aliphatic hydroxyl groups is 3. The van der Waals surface area contributed by atoms with Crippen LogP contribution in [0.3, 0.4) is 0 Å². The lowest BCUT2D eigenvalue weighted by Gasteiger charge is -2.26. The van der Waals surface area contributed by atoms with Crippen LogP contribution in [0, 0.1) is 0 Å². The van der Waals surface area contributed by atoms with Crippen LogP contribution >= 0.6 is 0 Å². The largest absolute Gasteiger partial charge is 0.394 e. The Hall–Kier alpha value is -1.17. The molecule has 0 radical (unpaired) electrons. The molecule has 0 aromatic rings. The predicted molar refractivity (Wildman–Crippen MR) is 342 cm³/mol. The second kappa shape index (κ2) is 67.3. The van der Waals surface area contributed by atoms with E-state index in [-0.39, 0.29) is 12.5 Å². The highest BCUT2D eigenvalue weighted by Gasteiger charge is 2.26. The molecule has 1 amide bonds. The van der Waals surface area contributed by atoms with Gasteiger partial charge in [-0.15, -0.1) is 0 Å². The van der Waals surface area contributed by atoms with Gasteiger partial charge in [0.15, 0.2) is 0 Å². The molecular formula is C72H141NO4. The van der Waals surface area contributed by atoms with Gasteiger partial charge in [-0.1, -0.05) is 372 Å². The molecule has 0 saturated carbocycles. The fourth-order valence-corrected chi connectivity index (χ4v) is 11.6. The summed E-state index contributed by atoms with van der Waals surface area (Å²) in [7, 11) is 0. The lowest BCUT2D eigenvalue weighted by Crippen LogP contribution is -2.50. The zero-order valence-corrected chi connectivity index (χ0v) is 52.6. The Kier molecular flexibility index (Phi) is 66.3. The first-order valence-electron chi connectivity index (χ1n) is 35.6. The summed E-state index contributed by atoms with van der Waals surface area (Å²) in [4.78, 5) is 12.6. The van der Waals surface area contributed by atoms with Crippen LogP contribution in [0.1, 0.15) is 406 Å². The van der Waals surface area contributed by atoms with Crippen LogP contribution in [0.4, 0.5) is 0 Å². The molecule has 0 saturated heterocycles.